The number of benzene rings is 1. The van der Waals surface area contributed by atoms with Gasteiger partial charge in [-0.05, 0) is 0 Å². The molecule has 0 fully saturated rings. The lowest BCUT2D eigenvalue weighted by Crippen LogP contribution is -2.03. The molecule has 0 aliphatic heterocycles. The maximum atomic E-state index is 13.4. The summed E-state index contributed by atoms with van der Waals surface area (Å²) in [5.41, 5.74) is -0.181. The van der Waals surface area contributed by atoms with Crippen molar-refractivity contribution in [3.8, 4) is 5.69 Å². The van der Waals surface area contributed by atoms with E-state index >= 15 is 0 Å². The van der Waals surface area contributed by atoms with Crippen molar-refractivity contribution in [2.75, 3.05) is 0 Å². The summed E-state index contributed by atoms with van der Waals surface area (Å²) in [6.07, 6.45) is 1.17. The van der Waals surface area contributed by atoms with Crippen LogP contribution in [-0.4, -0.2) is 14.8 Å². The molecule has 0 saturated heterocycles. The molecule has 7 heteroatoms. The van der Waals surface area contributed by atoms with E-state index in [0.717, 1.165) is 10.6 Å². The van der Waals surface area contributed by atoms with Crippen molar-refractivity contribution in [3.63, 3.8) is 0 Å². The van der Waals surface area contributed by atoms with Crippen molar-refractivity contribution < 1.29 is 13.2 Å². The molecule has 3 nitrogen and oxygen atoms in total. The van der Waals surface area contributed by atoms with Gasteiger partial charge in [-0.3, -0.25) is 4.57 Å². The van der Waals surface area contributed by atoms with Crippen molar-refractivity contribution in [2.24, 2.45) is 0 Å². The fourth-order valence-electron chi connectivity index (χ4n) is 1.25. The Bertz CT molecular complexity index is 527. The molecule has 0 atom stereocenters. The van der Waals surface area contributed by atoms with Gasteiger partial charge in [-0.15, -0.1) is 21.8 Å². The fraction of sp³-hybridized carbons (Fsp3) is 0.111. The third-order valence-corrected chi connectivity index (χ3v) is 2.23. The van der Waals surface area contributed by atoms with Gasteiger partial charge in [-0.1, -0.05) is 0 Å². The minimum Gasteiger partial charge on any atom is -0.281 e. The lowest BCUT2D eigenvalue weighted by Gasteiger charge is -2.06. The first-order valence-corrected chi connectivity index (χ1v) is 4.76. The number of halogens is 4. The van der Waals surface area contributed by atoms with Crippen LogP contribution in [0.25, 0.3) is 5.69 Å². The number of nitrogens with zero attached hydrogens (tertiary/aromatic N) is 3. The van der Waals surface area contributed by atoms with Crippen molar-refractivity contribution in [3.05, 3.63) is 41.7 Å². The molecule has 2 rings (SSSR count). The van der Waals surface area contributed by atoms with Gasteiger partial charge in [0.25, 0.3) is 0 Å². The quantitative estimate of drug-likeness (QED) is 0.603. The van der Waals surface area contributed by atoms with Gasteiger partial charge in [0.2, 0.25) is 0 Å². The molecule has 84 valence electrons. The third-order valence-electron chi connectivity index (χ3n) is 1.99. The first-order valence-electron chi connectivity index (χ1n) is 4.23. The van der Waals surface area contributed by atoms with Gasteiger partial charge in [0, 0.05) is 12.1 Å². The average Bonchev–Trinajstić information content (AvgIpc) is 2.71. The van der Waals surface area contributed by atoms with E-state index < -0.39 is 17.5 Å². The lowest BCUT2D eigenvalue weighted by molar-refractivity contribution is 0.492. The van der Waals surface area contributed by atoms with Crippen LogP contribution in [-0.2, 0) is 5.88 Å². The monoisotopic (exact) mass is 247 g/mol. The highest BCUT2D eigenvalue weighted by atomic mass is 35.5. The van der Waals surface area contributed by atoms with Gasteiger partial charge in [-0.2, -0.15) is 0 Å². The first kappa shape index (κ1) is 10.9. The molecule has 1 aromatic carbocycles. The van der Waals surface area contributed by atoms with Crippen molar-refractivity contribution in [1.82, 2.24) is 14.8 Å². The molecule has 0 aliphatic carbocycles. The summed E-state index contributed by atoms with van der Waals surface area (Å²) >= 11 is 5.53. The zero-order chi connectivity index (χ0) is 11.7. The number of hydrogen-bond acceptors (Lipinski definition) is 2. The molecule has 16 heavy (non-hydrogen) atoms. The summed E-state index contributed by atoms with van der Waals surface area (Å²) in [6, 6.07) is 1.19. The molecule has 0 spiro atoms. The van der Waals surface area contributed by atoms with Crippen LogP contribution in [0.1, 0.15) is 5.82 Å². The van der Waals surface area contributed by atoms with Crippen molar-refractivity contribution >= 4 is 11.6 Å². The maximum Gasteiger partial charge on any atom is 0.161 e. The molecule has 2 aromatic rings. The Balaban J connectivity index is 2.60. The minimum atomic E-state index is -1.25. The van der Waals surface area contributed by atoms with Crippen LogP contribution in [0.4, 0.5) is 13.2 Å². The molecule has 0 unspecified atom stereocenters. The number of rotatable bonds is 2. The third kappa shape index (κ3) is 1.76. The largest absolute Gasteiger partial charge is 0.281 e. The molecule has 1 aromatic heterocycles. The van der Waals surface area contributed by atoms with E-state index in [1.807, 2.05) is 0 Å². The highest BCUT2D eigenvalue weighted by Gasteiger charge is 2.14. The van der Waals surface area contributed by atoms with Crippen LogP contribution >= 0.6 is 11.6 Å². The van der Waals surface area contributed by atoms with Gasteiger partial charge in [-0.25, -0.2) is 13.2 Å². The van der Waals surface area contributed by atoms with Gasteiger partial charge in [0.15, 0.2) is 17.5 Å². The van der Waals surface area contributed by atoms with E-state index in [-0.39, 0.29) is 17.4 Å². The molecule has 0 saturated carbocycles. The Hall–Kier alpha value is -1.56. The minimum absolute atomic E-state index is 0.0154. The highest BCUT2D eigenvalue weighted by molar-refractivity contribution is 6.16. The van der Waals surface area contributed by atoms with Crippen LogP contribution in [0, 0.1) is 17.5 Å². The van der Waals surface area contributed by atoms with Gasteiger partial charge >= 0.3 is 0 Å². The molecular formula is C9H5ClF3N3. The normalized spacial score (nSPS) is 10.8. The summed E-state index contributed by atoms with van der Waals surface area (Å²) in [5, 5.41) is 7.11. The fourth-order valence-corrected chi connectivity index (χ4v) is 1.43. The van der Waals surface area contributed by atoms with E-state index in [1.165, 1.54) is 6.33 Å². The smallest absolute Gasteiger partial charge is 0.161 e. The van der Waals surface area contributed by atoms with Gasteiger partial charge in [0.05, 0.1) is 11.6 Å². The molecule has 1 heterocycles. The Morgan fingerprint density at radius 3 is 2.50 bits per heavy atom. The van der Waals surface area contributed by atoms with Crippen molar-refractivity contribution in [2.45, 2.75) is 5.88 Å². The summed E-state index contributed by atoms with van der Waals surface area (Å²) in [4.78, 5) is 0. The van der Waals surface area contributed by atoms with E-state index in [1.54, 1.807) is 0 Å². The van der Waals surface area contributed by atoms with Gasteiger partial charge < -0.3 is 0 Å². The second kappa shape index (κ2) is 4.13. The molecular weight excluding hydrogens is 243 g/mol. The summed E-state index contributed by atoms with van der Waals surface area (Å²) in [5.74, 6) is -3.08. The highest BCUT2D eigenvalue weighted by Crippen LogP contribution is 2.19. The summed E-state index contributed by atoms with van der Waals surface area (Å²) in [6.45, 7) is 0. The summed E-state index contributed by atoms with van der Waals surface area (Å²) < 4.78 is 40.2. The molecule has 0 bridgehead atoms. The SMILES string of the molecule is Fc1cc(F)c(-n2cnnc2CCl)cc1F. The summed E-state index contributed by atoms with van der Waals surface area (Å²) in [7, 11) is 0. The molecule has 0 aliphatic rings. The second-order valence-electron chi connectivity index (χ2n) is 2.97. The van der Waals surface area contributed by atoms with Crippen LogP contribution in [0.5, 0.6) is 0 Å². The zero-order valence-corrected chi connectivity index (χ0v) is 8.55. The Labute approximate surface area is 93.5 Å². The van der Waals surface area contributed by atoms with Crippen LogP contribution < -0.4 is 0 Å². The molecule has 0 radical (unpaired) electrons. The van der Waals surface area contributed by atoms with E-state index in [9.17, 15) is 13.2 Å². The van der Waals surface area contributed by atoms with E-state index in [0.29, 0.717) is 6.07 Å². The van der Waals surface area contributed by atoms with E-state index in [2.05, 4.69) is 10.2 Å². The Morgan fingerprint density at radius 2 is 1.81 bits per heavy atom. The van der Waals surface area contributed by atoms with Gasteiger partial charge in [0.1, 0.15) is 12.1 Å². The van der Waals surface area contributed by atoms with Crippen LogP contribution in [0.3, 0.4) is 0 Å². The predicted molar refractivity (Wildman–Crippen MR) is 50.8 cm³/mol. The number of aromatic nitrogens is 3. The first-order chi connectivity index (χ1) is 7.63. The van der Waals surface area contributed by atoms with Crippen LogP contribution in [0.15, 0.2) is 18.5 Å². The Morgan fingerprint density at radius 1 is 1.12 bits per heavy atom. The second-order valence-corrected chi connectivity index (χ2v) is 3.24. The predicted octanol–water partition coefficient (Wildman–Crippen LogP) is 2.42. The molecule has 0 amide bonds. The topological polar surface area (TPSA) is 30.7 Å². The van der Waals surface area contributed by atoms with E-state index in [4.69, 9.17) is 11.6 Å². The Kier molecular flexibility index (Phi) is 2.82. The average molecular weight is 248 g/mol. The zero-order valence-electron chi connectivity index (χ0n) is 7.79. The maximum absolute atomic E-state index is 13.4. The standard InChI is InChI=1S/C9H5ClF3N3/c10-3-9-15-14-4-16(9)8-2-6(12)5(11)1-7(8)13/h1-2,4H,3H2. The van der Waals surface area contributed by atoms with Crippen molar-refractivity contribution in [1.29, 1.82) is 0 Å². The number of alkyl halides is 1. The molecule has 0 N–H and O–H groups in total. The number of hydrogen-bond donors (Lipinski definition) is 0. The van der Waals surface area contributed by atoms with Crippen LogP contribution in [0.2, 0.25) is 0 Å². The lowest BCUT2D eigenvalue weighted by atomic mass is 10.3.